The van der Waals surface area contributed by atoms with Gasteiger partial charge in [-0.1, -0.05) is 36.4 Å². The van der Waals surface area contributed by atoms with Crippen molar-refractivity contribution in [1.29, 1.82) is 0 Å². The molecule has 4 aliphatic heterocycles. The molecule has 2 unspecified atom stereocenters. The van der Waals surface area contributed by atoms with Gasteiger partial charge in [-0.15, -0.1) is 0 Å². The van der Waals surface area contributed by atoms with Gasteiger partial charge in [0.15, 0.2) is 0 Å². The summed E-state index contributed by atoms with van der Waals surface area (Å²) in [5.41, 5.74) is 0.531. The van der Waals surface area contributed by atoms with E-state index in [0.29, 0.717) is 63.7 Å². The zero-order valence-corrected chi connectivity index (χ0v) is 27.9. The van der Waals surface area contributed by atoms with E-state index in [0.717, 1.165) is 36.5 Å². The van der Waals surface area contributed by atoms with Crippen molar-refractivity contribution in [1.82, 2.24) is 19.6 Å². The minimum atomic E-state index is -4.57. The van der Waals surface area contributed by atoms with Gasteiger partial charge in [-0.05, 0) is 81.5 Å². The van der Waals surface area contributed by atoms with Crippen molar-refractivity contribution in [2.24, 2.45) is 5.92 Å². The molecule has 13 heteroatoms. The molecule has 2 aromatic rings. The van der Waals surface area contributed by atoms with Gasteiger partial charge in [-0.2, -0.15) is 13.2 Å². The molecular weight excluding hydrogens is 639 g/mol. The standard InChI is InChI=1S/C36H46F3N5O5/c1-35(49)13-19-41(20-14-35)27-10-15-42(16-11-27)32(45)29(22-24-5-4-7-26(21-24)36(37,38)39)31-23-28(12-18-44(31)34(47)48)43-17-9-25-6-2-3-8-30(25)40-33(43)46/h2-8,21,27-29,31,49H,9-20,22-23H2,1H3,(H,40,46)(H,47,48)/t28?,29?,31-/m1/s1. The number of carbonyl (C=O) groups is 3. The van der Waals surface area contributed by atoms with Gasteiger partial charge >= 0.3 is 18.3 Å². The third-order valence-corrected chi connectivity index (χ3v) is 11.1. The van der Waals surface area contributed by atoms with Gasteiger partial charge in [-0.25, -0.2) is 9.59 Å². The van der Waals surface area contributed by atoms with Crippen LogP contribution in [0.15, 0.2) is 48.5 Å². The van der Waals surface area contributed by atoms with Crippen molar-refractivity contribution >= 4 is 23.7 Å². The Kier molecular flexibility index (Phi) is 10.1. The number of anilines is 1. The number of alkyl halides is 3. The van der Waals surface area contributed by atoms with Crippen molar-refractivity contribution < 1.29 is 37.8 Å². The summed E-state index contributed by atoms with van der Waals surface area (Å²) in [6.07, 6.45) is -1.86. The first-order chi connectivity index (χ1) is 23.3. The number of fused-ring (bicyclic) bond motifs is 1. The van der Waals surface area contributed by atoms with Gasteiger partial charge in [0.25, 0.3) is 0 Å². The molecule has 6 rings (SSSR count). The van der Waals surface area contributed by atoms with Crippen molar-refractivity contribution in [3.05, 3.63) is 65.2 Å². The molecule has 4 heterocycles. The largest absolute Gasteiger partial charge is 0.465 e. The highest BCUT2D eigenvalue weighted by Gasteiger charge is 2.45. The van der Waals surface area contributed by atoms with Crippen molar-refractivity contribution in [2.45, 2.75) is 88.2 Å². The molecule has 0 spiro atoms. The zero-order valence-electron chi connectivity index (χ0n) is 27.9. The van der Waals surface area contributed by atoms with Crippen LogP contribution in [0.5, 0.6) is 0 Å². The predicted octanol–water partition coefficient (Wildman–Crippen LogP) is 5.30. The van der Waals surface area contributed by atoms with E-state index in [1.807, 2.05) is 31.2 Å². The number of carbonyl (C=O) groups excluding carboxylic acids is 2. The summed E-state index contributed by atoms with van der Waals surface area (Å²) in [6.45, 7) is 4.81. The monoisotopic (exact) mass is 685 g/mol. The molecule has 266 valence electrons. The van der Waals surface area contributed by atoms with E-state index in [2.05, 4.69) is 10.2 Å². The summed E-state index contributed by atoms with van der Waals surface area (Å²) in [5.74, 6) is -1.22. The Morgan fingerprint density at radius 2 is 1.65 bits per heavy atom. The number of amides is 4. The third kappa shape index (κ3) is 7.98. The lowest BCUT2D eigenvalue weighted by Gasteiger charge is -2.46. The lowest BCUT2D eigenvalue weighted by atomic mass is 9.82. The van der Waals surface area contributed by atoms with E-state index in [9.17, 15) is 37.8 Å². The van der Waals surface area contributed by atoms with Crippen LogP contribution >= 0.6 is 0 Å². The molecule has 4 amide bonds. The van der Waals surface area contributed by atoms with Gasteiger partial charge in [0, 0.05) is 63.1 Å². The summed E-state index contributed by atoms with van der Waals surface area (Å²) in [5, 5.41) is 23.7. The van der Waals surface area contributed by atoms with Crippen LogP contribution in [-0.4, -0.2) is 111 Å². The minimum absolute atomic E-state index is 0.0668. The number of urea groups is 1. The van der Waals surface area contributed by atoms with Gasteiger partial charge in [0.05, 0.1) is 17.1 Å². The lowest BCUT2D eigenvalue weighted by molar-refractivity contribution is -0.140. The molecule has 0 aromatic heterocycles. The summed E-state index contributed by atoms with van der Waals surface area (Å²) >= 11 is 0. The number of nitrogens with one attached hydrogen (secondary N) is 1. The van der Waals surface area contributed by atoms with Crippen LogP contribution in [0, 0.1) is 5.92 Å². The number of rotatable bonds is 6. The van der Waals surface area contributed by atoms with Crippen molar-refractivity contribution in [2.75, 3.05) is 44.6 Å². The highest BCUT2D eigenvalue weighted by Crippen LogP contribution is 2.35. The molecular formula is C36H46F3N5O5. The molecule has 2 aromatic carbocycles. The highest BCUT2D eigenvalue weighted by atomic mass is 19.4. The van der Waals surface area contributed by atoms with Crippen LogP contribution in [0.25, 0.3) is 0 Å². The average Bonchev–Trinajstić information content (AvgIpc) is 3.24. The fraction of sp³-hybridized carbons (Fsp3) is 0.583. The second kappa shape index (κ2) is 14.2. The van der Waals surface area contributed by atoms with Gasteiger partial charge in [0.2, 0.25) is 5.91 Å². The van der Waals surface area contributed by atoms with Crippen LogP contribution in [0.2, 0.25) is 0 Å². The molecule has 49 heavy (non-hydrogen) atoms. The van der Waals surface area contributed by atoms with E-state index in [4.69, 9.17) is 0 Å². The summed E-state index contributed by atoms with van der Waals surface area (Å²) < 4.78 is 41.1. The SMILES string of the molecule is CC1(O)CCN(C2CCN(C(=O)C(Cc3cccc(C(F)(F)F)c3)[C@H]3CC(N4CCc5ccccc5NC4=O)CCN3C(=O)O)CC2)CC1. The van der Waals surface area contributed by atoms with E-state index in [1.165, 1.54) is 11.0 Å². The molecule has 10 nitrogen and oxygen atoms in total. The number of para-hydroxylation sites is 1. The van der Waals surface area contributed by atoms with E-state index < -0.39 is 35.4 Å². The van der Waals surface area contributed by atoms with Crippen LogP contribution in [0.1, 0.15) is 62.1 Å². The Bertz CT molecular complexity index is 1520. The maximum atomic E-state index is 14.5. The predicted molar refractivity (Wildman–Crippen MR) is 177 cm³/mol. The van der Waals surface area contributed by atoms with Crippen LogP contribution in [0.3, 0.4) is 0 Å². The number of piperidine rings is 3. The first-order valence-corrected chi connectivity index (χ1v) is 17.4. The minimum Gasteiger partial charge on any atom is -0.465 e. The Morgan fingerprint density at radius 1 is 0.959 bits per heavy atom. The molecule has 0 saturated carbocycles. The van der Waals surface area contributed by atoms with Gasteiger partial charge in [0.1, 0.15) is 0 Å². The number of halogens is 3. The molecule has 0 radical (unpaired) electrons. The number of benzene rings is 2. The molecule has 0 bridgehead atoms. The Morgan fingerprint density at radius 3 is 2.35 bits per heavy atom. The van der Waals surface area contributed by atoms with Crippen molar-refractivity contribution in [3.8, 4) is 0 Å². The maximum Gasteiger partial charge on any atom is 0.416 e. The Balaban J connectivity index is 1.25. The van der Waals surface area contributed by atoms with Gasteiger partial charge in [-0.3, -0.25) is 4.79 Å². The third-order valence-electron chi connectivity index (χ3n) is 11.1. The van der Waals surface area contributed by atoms with Crippen LogP contribution in [-0.2, 0) is 23.8 Å². The molecule has 3 fully saturated rings. The molecule has 3 atom stereocenters. The quantitative estimate of drug-likeness (QED) is 0.380. The topological polar surface area (TPSA) is 117 Å². The van der Waals surface area contributed by atoms with Gasteiger partial charge < -0.3 is 35.1 Å². The average molecular weight is 686 g/mol. The normalized spacial score (nSPS) is 24.5. The highest BCUT2D eigenvalue weighted by molar-refractivity contribution is 5.91. The number of hydrogen-bond donors (Lipinski definition) is 3. The molecule has 3 saturated heterocycles. The number of aliphatic hydroxyl groups is 1. The number of carboxylic acid groups (broad SMARTS) is 1. The fourth-order valence-corrected chi connectivity index (χ4v) is 8.19. The lowest BCUT2D eigenvalue weighted by Crippen LogP contribution is -2.59. The van der Waals surface area contributed by atoms with E-state index in [-0.39, 0.29) is 43.4 Å². The summed E-state index contributed by atoms with van der Waals surface area (Å²) in [6, 6.07) is 11.2. The Labute approximate surface area is 284 Å². The first kappa shape index (κ1) is 35.0. The first-order valence-electron chi connectivity index (χ1n) is 17.4. The number of likely N-dealkylation sites (tertiary alicyclic amines) is 3. The number of nitrogens with zero attached hydrogens (tertiary/aromatic N) is 4. The second-order valence-electron chi connectivity index (χ2n) is 14.4. The maximum absolute atomic E-state index is 14.5. The second-order valence-corrected chi connectivity index (χ2v) is 14.4. The number of hydrogen-bond acceptors (Lipinski definition) is 5. The summed E-state index contributed by atoms with van der Waals surface area (Å²) in [4.78, 5) is 47.7. The van der Waals surface area contributed by atoms with Crippen LogP contribution < -0.4 is 5.32 Å². The molecule has 0 aliphatic carbocycles. The van der Waals surface area contributed by atoms with E-state index in [1.54, 1.807) is 15.9 Å². The smallest absolute Gasteiger partial charge is 0.416 e. The summed E-state index contributed by atoms with van der Waals surface area (Å²) in [7, 11) is 0. The Hall–Kier alpha value is -3.84. The van der Waals surface area contributed by atoms with Crippen molar-refractivity contribution in [3.63, 3.8) is 0 Å². The fourth-order valence-electron chi connectivity index (χ4n) is 8.19. The van der Waals surface area contributed by atoms with E-state index >= 15 is 0 Å². The molecule has 4 aliphatic rings. The van der Waals surface area contributed by atoms with Crippen LogP contribution in [0.4, 0.5) is 28.4 Å². The molecule has 3 N–H and O–H groups in total. The zero-order chi connectivity index (χ0) is 34.9.